The maximum atomic E-state index is 11.5. The molecule has 1 aliphatic rings. The van der Waals surface area contributed by atoms with Crippen LogP contribution in [0, 0.1) is 6.92 Å². The Bertz CT molecular complexity index is 450. The molecule has 0 bridgehead atoms. The highest BCUT2D eigenvalue weighted by molar-refractivity contribution is 7.91. The topological polar surface area (TPSA) is 46.2 Å². The molecule has 0 saturated carbocycles. The highest BCUT2D eigenvalue weighted by Crippen LogP contribution is 2.16. The number of hydrogen-bond acceptors (Lipinski definition) is 4. The minimum absolute atomic E-state index is 0.137. The van der Waals surface area contributed by atoms with Crippen LogP contribution in [0.15, 0.2) is 10.8 Å². The maximum absolute atomic E-state index is 11.5. The summed E-state index contributed by atoms with van der Waals surface area (Å²) >= 11 is 1.69. The van der Waals surface area contributed by atoms with Crippen LogP contribution >= 0.6 is 11.3 Å². The third kappa shape index (κ3) is 3.06. The molecule has 0 aromatic carbocycles. The van der Waals surface area contributed by atoms with Gasteiger partial charge in [0.15, 0.2) is 9.84 Å². The summed E-state index contributed by atoms with van der Waals surface area (Å²) in [6.45, 7) is 2.88. The third-order valence-corrected chi connectivity index (χ3v) is 5.74. The lowest BCUT2D eigenvalue weighted by molar-refractivity contribution is 0.480. The van der Waals surface area contributed by atoms with E-state index in [0.717, 1.165) is 19.4 Å². The van der Waals surface area contributed by atoms with Crippen molar-refractivity contribution < 1.29 is 8.42 Å². The van der Waals surface area contributed by atoms with Gasteiger partial charge in [0.25, 0.3) is 0 Å². The lowest BCUT2D eigenvalue weighted by Gasteiger charge is -2.23. The summed E-state index contributed by atoms with van der Waals surface area (Å²) in [4.78, 5) is 0. The van der Waals surface area contributed by atoms with Gasteiger partial charge in [-0.3, -0.25) is 0 Å². The van der Waals surface area contributed by atoms with Crippen LogP contribution in [-0.2, 0) is 16.4 Å². The summed E-state index contributed by atoms with van der Waals surface area (Å²) in [5.74, 6) is 0.666. The van der Waals surface area contributed by atoms with Crippen LogP contribution in [0.25, 0.3) is 0 Å². The Morgan fingerprint density at radius 2 is 2.31 bits per heavy atom. The third-order valence-electron chi connectivity index (χ3n) is 3.01. The Kier molecular flexibility index (Phi) is 3.66. The molecule has 5 heteroatoms. The van der Waals surface area contributed by atoms with Crippen LogP contribution in [0.4, 0.5) is 0 Å². The average Bonchev–Trinajstić information content (AvgIpc) is 2.60. The van der Waals surface area contributed by atoms with Crippen molar-refractivity contribution in [3.05, 3.63) is 21.9 Å². The molecule has 16 heavy (non-hydrogen) atoms. The largest absolute Gasteiger partial charge is 0.309 e. The van der Waals surface area contributed by atoms with Gasteiger partial charge in [0.2, 0.25) is 0 Å². The predicted molar refractivity (Wildman–Crippen MR) is 67.6 cm³/mol. The molecule has 0 aliphatic carbocycles. The number of hydrogen-bond donors (Lipinski definition) is 1. The number of sulfone groups is 1. The van der Waals surface area contributed by atoms with Crippen molar-refractivity contribution in [3.63, 3.8) is 0 Å². The highest BCUT2D eigenvalue weighted by Gasteiger charge is 2.24. The fraction of sp³-hybridized carbons (Fsp3) is 0.636. The Morgan fingerprint density at radius 3 is 2.94 bits per heavy atom. The molecular formula is C11H17NO2S2. The van der Waals surface area contributed by atoms with Gasteiger partial charge in [-0.05, 0) is 41.7 Å². The van der Waals surface area contributed by atoms with Crippen molar-refractivity contribution in [2.45, 2.75) is 32.4 Å². The van der Waals surface area contributed by atoms with Crippen molar-refractivity contribution in [2.75, 3.05) is 11.5 Å². The Labute approximate surface area is 101 Å². The van der Waals surface area contributed by atoms with Gasteiger partial charge in [-0.25, -0.2) is 8.42 Å². The van der Waals surface area contributed by atoms with Crippen LogP contribution < -0.4 is 5.32 Å². The molecule has 2 heterocycles. The monoisotopic (exact) mass is 259 g/mol. The van der Waals surface area contributed by atoms with Crippen LogP contribution in [-0.4, -0.2) is 26.0 Å². The first-order chi connectivity index (χ1) is 7.57. The van der Waals surface area contributed by atoms with Gasteiger partial charge in [0.05, 0.1) is 11.5 Å². The first-order valence-electron chi connectivity index (χ1n) is 5.52. The van der Waals surface area contributed by atoms with Gasteiger partial charge < -0.3 is 5.32 Å². The van der Waals surface area contributed by atoms with Crippen LogP contribution in [0.1, 0.15) is 24.0 Å². The quantitative estimate of drug-likeness (QED) is 0.899. The molecule has 1 aliphatic heterocycles. The van der Waals surface area contributed by atoms with Crippen molar-refractivity contribution in [1.29, 1.82) is 0 Å². The van der Waals surface area contributed by atoms with E-state index in [9.17, 15) is 8.42 Å². The number of rotatable bonds is 3. The highest BCUT2D eigenvalue weighted by atomic mass is 32.2. The van der Waals surface area contributed by atoms with E-state index in [2.05, 4.69) is 23.0 Å². The zero-order valence-electron chi connectivity index (χ0n) is 9.40. The van der Waals surface area contributed by atoms with E-state index in [1.165, 1.54) is 11.1 Å². The second-order valence-corrected chi connectivity index (χ2v) is 7.39. The molecule has 90 valence electrons. The van der Waals surface area contributed by atoms with Gasteiger partial charge >= 0.3 is 0 Å². The van der Waals surface area contributed by atoms with E-state index in [-0.39, 0.29) is 6.04 Å². The molecule has 1 aromatic heterocycles. The molecule has 0 radical (unpaired) electrons. The minimum atomic E-state index is -2.79. The van der Waals surface area contributed by atoms with Crippen molar-refractivity contribution in [2.24, 2.45) is 0 Å². The smallest absolute Gasteiger partial charge is 0.151 e. The average molecular weight is 259 g/mol. The molecule has 0 spiro atoms. The van der Waals surface area contributed by atoms with Crippen molar-refractivity contribution in [1.82, 2.24) is 5.32 Å². The molecule has 2 rings (SSSR count). The second-order valence-electron chi connectivity index (χ2n) is 4.41. The summed E-state index contributed by atoms with van der Waals surface area (Å²) in [5.41, 5.74) is 2.57. The lowest BCUT2D eigenvalue weighted by atomic mass is 10.1. The van der Waals surface area contributed by atoms with Crippen LogP contribution in [0.2, 0.25) is 0 Å². The molecular weight excluding hydrogens is 242 g/mol. The molecule has 3 nitrogen and oxygen atoms in total. The molecule has 1 N–H and O–H groups in total. The van der Waals surface area contributed by atoms with E-state index in [0.29, 0.717) is 11.5 Å². The first-order valence-corrected chi connectivity index (χ1v) is 8.29. The zero-order valence-corrected chi connectivity index (χ0v) is 11.0. The Balaban J connectivity index is 1.89. The van der Waals surface area contributed by atoms with Crippen molar-refractivity contribution in [3.8, 4) is 0 Å². The Hall–Kier alpha value is -0.390. The normalized spacial score (nSPS) is 24.4. The van der Waals surface area contributed by atoms with Gasteiger partial charge in [0.1, 0.15) is 0 Å². The molecule has 1 fully saturated rings. The number of thiophene rings is 1. The van der Waals surface area contributed by atoms with Crippen LogP contribution in [0.5, 0.6) is 0 Å². The fourth-order valence-electron chi connectivity index (χ4n) is 2.01. The molecule has 1 saturated heterocycles. The molecule has 1 atom stereocenters. The SMILES string of the molecule is Cc1cscc1CNC1CCCS(=O)(=O)C1. The zero-order chi connectivity index (χ0) is 11.6. The lowest BCUT2D eigenvalue weighted by Crippen LogP contribution is -2.39. The maximum Gasteiger partial charge on any atom is 0.151 e. The second kappa shape index (κ2) is 4.85. The van der Waals surface area contributed by atoms with Crippen LogP contribution in [0.3, 0.4) is 0 Å². The standard InChI is InChI=1S/C11H17NO2S2/c1-9-6-15-7-10(9)5-12-11-3-2-4-16(13,14)8-11/h6-7,11-12H,2-5,8H2,1H3. The Morgan fingerprint density at radius 1 is 1.50 bits per heavy atom. The van der Waals surface area contributed by atoms with E-state index in [4.69, 9.17) is 0 Å². The van der Waals surface area contributed by atoms with Gasteiger partial charge in [-0.1, -0.05) is 0 Å². The summed E-state index contributed by atoms with van der Waals surface area (Å²) in [7, 11) is -2.79. The molecule has 1 unspecified atom stereocenters. The summed E-state index contributed by atoms with van der Waals surface area (Å²) in [6.07, 6.45) is 1.77. The first kappa shape index (κ1) is 12.1. The van der Waals surface area contributed by atoms with Crippen molar-refractivity contribution >= 4 is 21.2 Å². The van der Waals surface area contributed by atoms with E-state index >= 15 is 0 Å². The van der Waals surface area contributed by atoms with Gasteiger partial charge in [-0.15, -0.1) is 0 Å². The summed E-state index contributed by atoms with van der Waals surface area (Å²) in [5, 5.41) is 7.59. The number of nitrogens with one attached hydrogen (secondary N) is 1. The van der Waals surface area contributed by atoms with E-state index in [1.54, 1.807) is 11.3 Å². The van der Waals surface area contributed by atoms with Gasteiger partial charge in [-0.2, -0.15) is 11.3 Å². The number of aryl methyl sites for hydroxylation is 1. The predicted octanol–water partition coefficient (Wildman–Crippen LogP) is 1.72. The fourth-order valence-corrected chi connectivity index (χ4v) is 4.53. The molecule has 1 aromatic rings. The van der Waals surface area contributed by atoms with Gasteiger partial charge in [0, 0.05) is 12.6 Å². The molecule has 0 amide bonds. The summed E-state index contributed by atoms with van der Waals surface area (Å²) < 4.78 is 22.9. The van der Waals surface area contributed by atoms with E-state index in [1.807, 2.05) is 0 Å². The summed E-state index contributed by atoms with van der Waals surface area (Å²) in [6, 6.07) is 0.137. The van der Waals surface area contributed by atoms with E-state index < -0.39 is 9.84 Å². The minimum Gasteiger partial charge on any atom is -0.309 e.